The molecule has 2 rings (SSSR count). The molecule has 0 aliphatic heterocycles. The number of benzene rings is 1. The minimum Gasteiger partial charge on any atom is -0.394 e. The highest BCUT2D eigenvalue weighted by molar-refractivity contribution is 8.00. The van der Waals surface area contributed by atoms with Crippen LogP contribution in [0.5, 0.6) is 0 Å². The van der Waals surface area contributed by atoms with Gasteiger partial charge in [0.05, 0.1) is 6.61 Å². The van der Waals surface area contributed by atoms with Gasteiger partial charge in [-0.1, -0.05) is 12.1 Å². The predicted octanol–water partition coefficient (Wildman–Crippen LogP) is 2.91. The Morgan fingerprint density at radius 3 is 2.28 bits per heavy atom. The van der Waals surface area contributed by atoms with E-state index in [-0.39, 0.29) is 28.8 Å². The first-order chi connectivity index (χ1) is 8.42. The zero-order valence-electron chi connectivity index (χ0n) is 9.63. The number of halogens is 3. The molecule has 2 N–H and O–H groups in total. The molecule has 0 spiro atoms. The van der Waals surface area contributed by atoms with Crippen molar-refractivity contribution in [1.29, 1.82) is 0 Å². The maximum absolute atomic E-state index is 12.1. The summed E-state index contributed by atoms with van der Waals surface area (Å²) in [6.07, 6.45) is 1.90. The minimum absolute atomic E-state index is 0.106. The Labute approximate surface area is 108 Å². The van der Waals surface area contributed by atoms with Crippen LogP contribution >= 0.6 is 11.8 Å². The van der Waals surface area contributed by atoms with Crippen LogP contribution in [-0.2, 0) is 6.54 Å². The fourth-order valence-electron chi connectivity index (χ4n) is 1.64. The molecule has 0 saturated heterocycles. The van der Waals surface area contributed by atoms with E-state index < -0.39 is 5.51 Å². The molecular weight excluding hydrogens is 263 g/mol. The summed E-state index contributed by atoms with van der Waals surface area (Å²) in [7, 11) is 0. The number of aliphatic hydroxyl groups is 1. The average molecular weight is 277 g/mol. The van der Waals surface area contributed by atoms with Crippen LogP contribution in [0.2, 0.25) is 0 Å². The van der Waals surface area contributed by atoms with Crippen molar-refractivity contribution in [2.75, 3.05) is 6.61 Å². The number of nitrogens with one attached hydrogen (secondary N) is 1. The molecule has 1 aromatic carbocycles. The second-order valence-electron chi connectivity index (χ2n) is 4.48. The van der Waals surface area contributed by atoms with Crippen molar-refractivity contribution in [3.63, 3.8) is 0 Å². The molecule has 0 aromatic heterocycles. The van der Waals surface area contributed by atoms with E-state index >= 15 is 0 Å². The van der Waals surface area contributed by atoms with E-state index in [2.05, 4.69) is 5.32 Å². The smallest absolute Gasteiger partial charge is 0.394 e. The Morgan fingerprint density at radius 1 is 1.22 bits per heavy atom. The second-order valence-corrected chi connectivity index (χ2v) is 5.62. The first kappa shape index (κ1) is 13.7. The largest absolute Gasteiger partial charge is 0.446 e. The normalized spacial score (nSPS) is 17.8. The van der Waals surface area contributed by atoms with Gasteiger partial charge in [0, 0.05) is 17.0 Å². The molecule has 0 bridgehead atoms. The maximum Gasteiger partial charge on any atom is 0.446 e. The van der Waals surface area contributed by atoms with Gasteiger partial charge in [0.1, 0.15) is 0 Å². The van der Waals surface area contributed by atoms with E-state index in [1.807, 2.05) is 0 Å². The number of aliphatic hydroxyl groups excluding tert-OH is 1. The number of rotatable bonds is 5. The number of alkyl halides is 3. The summed E-state index contributed by atoms with van der Waals surface area (Å²) < 4.78 is 36.4. The SMILES string of the molecule is OCC1(NCc2ccc(SC(F)(F)F)cc2)CC1. The third-order valence-electron chi connectivity index (χ3n) is 2.98. The lowest BCUT2D eigenvalue weighted by atomic mass is 10.2. The summed E-state index contributed by atoms with van der Waals surface area (Å²) in [5, 5.41) is 12.3. The van der Waals surface area contributed by atoms with Crippen LogP contribution in [-0.4, -0.2) is 22.8 Å². The van der Waals surface area contributed by atoms with Crippen LogP contribution in [0.3, 0.4) is 0 Å². The molecule has 100 valence electrons. The van der Waals surface area contributed by atoms with E-state index in [0.717, 1.165) is 18.4 Å². The van der Waals surface area contributed by atoms with Gasteiger partial charge in [0.2, 0.25) is 0 Å². The summed E-state index contributed by atoms with van der Waals surface area (Å²) in [5.74, 6) is 0. The first-order valence-electron chi connectivity index (χ1n) is 5.63. The molecule has 1 saturated carbocycles. The Bertz CT molecular complexity index is 401. The molecule has 6 heteroatoms. The molecule has 1 aromatic rings. The Kier molecular flexibility index (Phi) is 3.89. The fourth-order valence-corrected chi connectivity index (χ4v) is 2.18. The number of hydrogen-bond donors (Lipinski definition) is 2. The van der Waals surface area contributed by atoms with Gasteiger partial charge in [-0.3, -0.25) is 0 Å². The molecule has 0 atom stereocenters. The highest BCUT2D eigenvalue weighted by Gasteiger charge is 2.41. The van der Waals surface area contributed by atoms with Crippen molar-refractivity contribution in [3.05, 3.63) is 29.8 Å². The molecule has 0 unspecified atom stereocenters. The third kappa shape index (κ3) is 3.90. The van der Waals surface area contributed by atoms with Crippen LogP contribution in [0.4, 0.5) is 13.2 Å². The number of thioether (sulfide) groups is 1. The van der Waals surface area contributed by atoms with Gasteiger partial charge >= 0.3 is 5.51 Å². The summed E-state index contributed by atoms with van der Waals surface area (Å²) in [6, 6.07) is 6.28. The Balaban J connectivity index is 1.88. The van der Waals surface area contributed by atoms with E-state index in [1.165, 1.54) is 12.1 Å². The zero-order valence-corrected chi connectivity index (χ0v) is 10.4. The van der Waals surface area contributed by atoms with Gasteiger partial charge in [0.25, 0.3) is 0 Å². The highest BCUT2D eigenvalue weighted by Crippen LogP contribution is 2.37. The number of hydrogen-bond acceptors (Lipinski definition) is 3. The lowest BCUT2D eigenvalue weighted by Gasteiger charge is -2.14. The monoisotopic (exact) mass is 277 g/mol. The van der Waals surface area contributed by atoms with Crippen molar-refractivity contribution in [3.8, 4) is 0 Å². The molecule has 1 aliphatic carbocycles. The zero-order chi connectivity index (χ0) is 13.2. The van der Waals surface area contributed by atoms with Crippen LogP contribution < -0.4 is 5.32 Å². The van der Waals surface area contributed by atoms with Gasteiger partial charge in [-0.2, -0.15) is 13.2 Å². The molecular formula is C12H14F3NOS. The summed E-state index contributed by atoms with van der Waals surface area (Å²) in [4.78, 5) is 0.189. The summed E-state index contributed by atoms with van der Waals surface area (Å²) >= 11 is -0.110. The molecule has 1 fully saturated rings. The maximum atomic E-state index is 12.1. The van der Waals surface area contributed by atoms with E-state index in [4.69, 9.17) is 5.11 Å². The van der Waals surface area contributed by atoms with Crippen LogP contribution in [0.15, 0.2) is 29.2 Å². The van der Waals surface area contributed by atoms with E-state index in [0.29, 0.717) is 6.54 Å². The topological polar surface area (TPSA) is 32.3 Å². The lowest BCUT2D eigenvalue weighted by Crippen LogP contribution is -2.34. The first-order valence-corrected chi connectivity index (χ1v) is 6.45. The third-order valence-corrected chi connectivity index (χ3v) is 3.72. The lowest BCUT2D eigenvalue weighted by molar-refractivity contribution is -0.0328. The quantitative estimate of drug-likeness (QED) is 0.812. The molecule has 2 nitrogen and oxygen atoms in total. The average Bonchev–Trinajstić information content (AvgIpc) is 3.07. The summed E-state index contributed by atoms with van der Waals surface area (Å²) in [5.41, 5.74) is -3.48. The van der Waals surface area contributed by atoms with Crippen molar-refractivity contribution < 1.29 is 18.3 Å². The minimum atomic E-state index is -4.24. The summed E-state index contributed by atoms with van der Waals surface area (Å²) in [6.45, 7) is 0.673. The standard InChI is InChI=1S/C12H14F3NOS/c13-12(14,15)18-10-3-1-9(2-4-10)7-16-11(8-17)5-6-11/h1-4,16-17H,5-8H2. The fraction of sp³-hybridized carbons (Fsp3) is 0.500. The van der Waals surface area contributed by atoms with Crippen molar-refractivity contribution in [2.24, 2.45) is 0 Å². The molecule has 0 amide bonds. The molecule has 0 heterocycles. The highest BCUT2D eigenvalue weighted by atomic mass is 32.2. The van der Waals surface area contributed by atoms with Gasteiger partial charge in [0.15, 0.2) is 0 Å². The van der Waals surface area contributed by atoms with Gasteiger partial charge in [-0.25, -0.2) is 0 Å². The van der Waals surface area contributed by atoms with Crippen LogP contribution in [0, 0.1) is 0 Å². The van der Waals surface area contributed by atoms with Crippen molar-refractivity contribution >= 4 is 11.8 Å². The van der Waals surface area contributed by atoms with Gasteiger partial charge in [-0.15, -0.1) is 0 Å². The van der Waals surface area contributed by atoms with Gasteiger partial charge < -0.3 is 10.4 Å². The molecule has 1 aliphatic rings. The van der Waals surface area contributed by atoms with Crippen LogP contribution in [0.25, 0.3) is 0 Å². The van der Waals surface area contributed by atoms with Gasteiger partial charge in [-0.05, 0) is 42.3 Å². The van der Waals surface area contributed by atoms with Crippen molar-refractivity contribution in [1.82, 2.24) is 5.32 Å². The van der Waals surface area contributed by atoms with E-state index in [9.17, 15) is 13.2 Å². The Morgan fingerprint density at radius 2 is 1.83 bits per heavy atom. The molecule has 0 radical (unpaired) electrons. The van der Waals surface area contributed by atoms with E-state index in [1.54, 1.807) is 12.1 Å². The van der Waals surface area contributed by atoms with Crippen molar-refractivity contribution in [2.45, 2.75) is 35.3 Å². The Hall–Kier alpha value is -0.720. The predicted molar refractivity (Wildman–Crippen MR) is 64.2 cm³/mol. The second kappa shape index (κ2) is 5.11. The molecule has 18 heavy (non-hydrogen) atoms. The van der Waals surface area contributed by atoms with Crippen LogP contribution in [0.1, 0.15) is 18.4 Å².